The zero-order valence-electron chi connectivity index (χ0n) is 23.5. The molecule has 0 radical (unpaired) electrons. The lowest BCUT2D eigenvalue weighted by Crippen LogP contribution is -2.26. The maximum Gasteiger partial charge on any atom is 0.171 e. The number of rotatable bonds is 7. The van der Waals surface area contributed by atoms with E-state index in [0.29, 0.717) is 6.54 Å². The molecule has 0 spiro atoms. The highest BCUT2D eigenvalue weighted by Crippen LogP contribution is 2.49. The van der Waals surface area contributed by atoms with Gasteiger partial charge in [-0.3, -0.25) is 0 Å². The van der Waals surface area contributed by atoms with Gasteiger partial charge in [0, 0.05) is 44.8 Å². The van der Waals surface area contributed by atoms with Gasteiger partial charge in [0.2, 0.25) is 0 Å². The normalized spacial score (nSPS) is 11.5. The third-order valence-electron chi connectivity index (χ3n) is 8.13. The molecule has 0 saturated carbocycles. The summed E-state index contributed by atoms with van der Waals surface area (Å²) < 4.78 is 15.9. The Kier molecular flexibility index (Phi) is 7.02. The minimum atomic E-state index is -3.33. The van der Waals surface area contributed by atoms with Gasteiger partial charge in [-0.1, -0.05) is 140 Å². The standard InChI is InChI=1S/C39H30NO2P/c41-36-22-12-9-15-30(36)27-40-35-25-23-28-13-7-10-20-33(28)38(35)39-34-21-11-8-14-29(34)24-26-37(39)43(42,31-16-3-1-4-17-31)32-18-5-2-6-19-32/h1-26,40-41H,27H2. The van der Waals surface area contributed by atoms with Crippen molar-refractivity contribution < 1.29 is 9.67 Å². The predicted octanol–water partition coefficient (Wildman–Crippen LogP) is 8.62. The Labute approximate surface area is 251 Å². The van der Waals surface area contributed by atoms with Crippen LogP contribution < -0.4 is 21.2 Å². The minimum absolute atomic E-state index is 0.251. The molecule has 0 saturated heterocycles. The molecule has 0 bridgehead atoms. The Morgan fingerprint density at radius 1 is 0.512 bits per heavy atom. The molecular formula is C39H30NO2P. The van der Waals surface area contributed by atoms with Crippen LogP contribution in [0.3, 0.4) is 0 Å². The number of anilines is 1. The van der Waals surface area contributed by atoms with Crippen molar-refractivity contribution in [2.75, 3.05) is 5.32 Å². The molecule has 0 heterocycles. The number of para-hydroxylation sites is 1. The van der Waals surface area contributed by atoms with Crippen LogP contribution in [0.4, 0.5) is 5.69 Å². The van der Waals surface area contributed by atoms with Crippen LogP contribution in [-0.2, 0) is 11.1 Å². The van der Waals surface area contributed by atoms with E-state index in [2.05, 4.69) is 59.9 Å². The maximum absolute atomic E-state index is 15.9. The molecule has 0 amide bonds. The third kappa shape index (κ3) is 4.78. The zero-order valence-corrected chi connectivity index (χ0v) is 24.4. The molecule has 0 atom stereocenters. The van der Waals surface area contributed by atoms with Gasteiger partial charge in [0.15, 0.2) is 7.14 Å². The van der Waals surface area contributed by atoms with Crippen molar-refractivity contribution in [1.82, 2.24) is 0 Å². The fourth-order valence-electron chi connectivity index (χ4n) is 6.03. The molecule has 0 aliphatic heterocycles. The van der Waals surface area contributed by atoms with E-state index >= 15 is 4.57 Å². The molecule has 7 rings (SSSR count). The maximum atomic E-state index is 15.9. The van der Waals surface area contributed by atoms with Crippen molar-refractivity contribution >= 4 is 50.3 Å². The van der Waals surface area contributed by atoms with Crippen LogP contribution >= 0.6 is 7.14 Å². The summed E-state index contributed by atoms with van der Waals surface area (Å²) in [6, 6.07) is 52.1. The highest BCUT2D eigenvalue weighted by molar-refractivity contribution is 7.85. The van der Waals surface area contributed by atoms with Crippen LogP contribution in [0.15, 0.2) is 158 Å². The topological polar surface area (TPSA) is 49.3 Å². The van der Waals surface area contributed by atoms with Crippen LogP contribution in [0.5, 0.6) is 5.75 Å². The summed E-state index contributed by atoms with van der Waals surface area (Å²) in [6.07, 6.45) is 0. The van der Waals surface area contributed by atoms with Gasteiger partial charge in [-0.2, -0.15) is 0 Å². The molecular weight excluding hydrogens is 545 g/mol. The molecule has 43 heavy (non-hydrogen) atoms. The smallest absolute Gasteiger partial charge is 0.171 e. The largest absolute Gasteiger partial charge is 0.508 e. The van der Waals surface area contributed by atoms with Gasteiger partial charge >= 0.3 is 0 Å². The summed E-state index contributed by atoms with van der Waals surface area (Å²) in [5, 5.41) is 20.8. The van der Waals surface area contributed by atoms with Crippen molar-refractivity contribution in [2.24, 2.45) is 0 Å². The Balaban J connectivity index is 1.57. The van der Waals surface area contributed by atoms with Crippen LogP contribution in [0.1, 0.15) is 5.56 Å². The summed E-state index contributed by atoms with van der Waals surface area (Å²) in [5.74, 6) is 0.251. The first kappa shape index (κ1) is 26.8. The van der Waals surface area contributed by atoms with Crippen molar-refractivity contribution in [3.63, 3.8) is 0 Å². The van der Waals surface area contributed by atoms with E-state index in [0.717, 1.165) is 59.8 Å². The van der Waals surface area contributed by atoms with Crippen LogP contribution in [0.25, 0.3) is 32.7 Å². The quantitative estimate of drug-likeness (QED) is 0.187. The Morgan fingerprint density at radius 2 is 1.02 bits per heavy atom. The van der Waals surface area contributed by atoms with E-state index in [1.165, 1.54) is 0 Å². The number of phenolic OH excluding ortho intramolecular Hbond substituents is 1. The fraction of sp³-hybridized carbons (Fsp3) is 0.0256. The van der Waals surface area contributed by atoms with E-state index in [1.54, 1.807) is 6.07 Å². The molecule has 3 nitrogen and oxygen atoms in total. The van der Waals surface area contributed by atoms with Gasteiger partial charge in [0.1, 0.15) is 5.75 Å². The molecule has 0 aromatic heterocycles. The number of aromatic hydroxyl groups is 1. The Hall–Kier alpha value is -5.11. The van der Waals surface area contributed by atoms with Gasteiger partial charge in [-0.15, -0.1) is 0 Å². The second kappa shape index (κ2) is 11.3. The molecule has 7 aromatic rings. The fourth-order valence-corrected chi connectivity index (χ4v) is 8.90. The van der Waals surface area contributed by atoms with Crippen LogP contribution in [0.2, 0.25) is 0 Å². The van der Waals surface area contributed by atoms with E-state index in [1.807, 2.05) is 97.1 Å². The molecule has 4 heteroatoms. The first-order chi connectivity index (χ1) is 21.1. The highest BCUT2D eigenvalue weighted by Gasteiger charge is 2.34. The van der Waals surface area contributed by atoms with E-state index < -0.39 is 7.14 Å². The molecule has 0 aliphatic carbocycles. The molecule has 2 N–H and O–H groups in total. The monoisotopic (exact) mass is 575 g/mol. The SMILES string of the molecule is O=P(c1ccccc1)(c1ccccc1)c1ccc2ccccc2c1-c1c(NCc2ccccc2O)ccc2ccccc12. The number of nitrogens with one attached hydrogen (secondary N) is 1. The number of hydrogen-bond donors (Lipinski definition) is 2. The lowest BCUT2D eigenvalue weighted by atomic mass is 9.92. The van der Waals surface area contributed by atoms with Gasteiger partial charge in [0.25, 0.3) is 0 Å². The van der Waals surface area contributed by atoms with Gasteiger partial charge in [0.05, 0.1) is 0 Å². The van der Waals surface area contributed by atoms with Gasteiger partial charge < -0.3 is 15.0 Å². The number of fused-ring (bicyclic) bond motifs is 2. The molecule has 0 fully saturated rings. The lowest BCUT2D eigenvalue weighted by Gasteiger charge is -2.26. The zero-order chi connectivity index (χ0) is 29.2. The first-order valence-electron chi connectivity index (χ1n) is 14.4. The van der Waals surface area contributed by atoms with Crippen LogP contribution in [-0.4, -0.2) is 5.11 Å². The van der Waals surface area contributed by atoms with Crippen molar-refractivity contribution in [1.29, 1.82) is 0 Å². The average Bonchev–Trinajstić information content (AvgIpc) is 3.07. The molecule has 208 valence electrons. The number of benzene rings is 7. The summed E-state index contributed by atoms with van der Waals surface area (Å²) in [7, 11) is -3.33. The lowest BCUT2D eigenvalue weighted by molar-refractivity contribution is 0.469. The average molecular weight is 576 g/mol. The second-order valence-corrected chi connectivity index (χ2v) is 13.4. The molecule has 0 aliphatic rings. The van der Waals surface area contributed by atoms with E-state index in [9.17, 15) is 5.11 Å². The van der Waals surface area contributed by atoms with E-state index in [-0.39, 0.29) is 5.75 Å². The van der Waals surface area contributed by atoms with Gasteiger partial charge in [-0.05, 0) is 39.7 Å². The molecule has 7 aromatic carbocycles. The number of hydrogen-bond acceptors (Lipinski definition) is 3. The second-order valence-electron chi connectivity index (χ2n) is 10.7. The highest BCUT2D eigenvalue weighted by atomic mass is 31.2. The summed E-state index contributed by atoms with van der Waals surface area (Å²) in [6.45, 7) is 0.438. The summed E-state index contributed by atoms with van der Waals surface area (Å²) >= 11 is 0. The number of phenols is 1. The minimum Gasteiger partial charge on any atom is -0.508 e. The summed E-state index contributed by atoms with van der Waals surface area (Å²) in [4.78, 5) is 0. The first-order valence-corrected chi connectivity index (χ1v) is 16.1. The van der Waals surface area contributed by atoms with Crippen LogP contribution in [0, 0.1) is 0 Å². The van der Waals surface area contributed by atoms with Crippen molar-refractivity contribution in [3.8, 4) is 16.9 Å². The van der Waals surface area contributed by atoms with Gasteiger partial charge in [-0.25, -0.2) is 0 Å². The van der Waals surface area contributed by atoms with Crippen molar-refractivity contribution in [3.05, 3.63) is 163 Å². The predicted molar refractivity (Wildman–Crippen MR) is 182 cm³/mol. The van der Waals surface area contributed by atoms with Crippen molar-refractivity contribution in [2.45, 2.75) is 6.54 Å². The Morgan fingerprint density at radius 3 is 1.65 bits per heavy atom. The molecule has 0 unspecified atom stereocenters. The van der Waals surface area contributed by atoms with E-state index in [4.69, 9.17) is 0 Å². The Bertz CT molecular complexity index is 2080. The summed E-state index contributed by atoms with van der Waals surface area (Å²) in [5.41, 5.74) is 3.66. The third-order valence-corrected chi connectivity index (χ3v) is 11.2.